The van der Waals surface area contributed by atoms with Crippen LogP contribution in [0.3, 0.4) is 0 Å². The Morgan fingerprint density at radius 2 is 1.81 bits per heavy atom. The van der Waals surface area contributed by atoms with Crippen LogP contribution in [-0.4, -0.2) is 46.1 Å². The van der Waals surface area contributed by atoms with Crippen LogP contribution in [0.4, 0.5) is 11.6 Å². The number of anilines is 2. The Kier molecular flexibility index (Phi) is 3.11. The van der Waals surface area contributed by atoms with Gasteiger partial charge in [-0.1, -0.05) is 0 Å². The zero-order chi connectivity index (χ0) is 14.1. The van der Waals surface area contributed by atoms with Gasteiger partial charge in [0.2, 0.25) is 0 Å². The molecule has 0 aromatic carbocycles. The van der Waals surface area contributed by atoms with Gasteiger partial charge >= 0.3 is 0 Å². The van der Waals surface area contributed by atoms with Crippen molar-refractivity contribution in [2.24, 2.45) is 0 Å². The minimum absolute atomic E-state index is 0.925. The van der Waals surface area contributed by atoms with Crippen LogP contribution >= 0.6 is 11.3 Å². The fraction of sp³-hybridized carbons (Fsp3) is 0.286. The number of aromatic nitrogens is 4. The highest BCUT2D eigenvalue weighted by molar-refractivity contribution is 7.16. The third-order valence-corrected chi connectivity index (χ3v) is 4.51. The summed E-state index contributed by atoms with van der Waals surface area (Å²) in [6.07, 6.45) is 6.91. The first-order chi connectivity index (χ1) is 10.4. The number of fused-ring (bicyclic) bond motifs is 1. The number of hydrogen-bond donors (Lipinski definition) is 0. The summed E-state index contributed by atoms with van der Waals surface area (Å²) in [7, 11) is 0. The van der Waals surface area contributed by atoms with E-state index in [9.17, 15) is 0 Å². The number of rotatable bonds is 2. The van der Waals surface area contributed by atoms with E-state index in [1.54, 1.807) is 30.1 Å². The first-order valence-electron chi connectivity index (χ1n) is 6.86. The van der Waals surface area contributed by atoms with Crippen molar-refractivity contribution in [3.8, 4) is 0 Å². The zero-order valence-corrected chi connectivity index (χ0v) is 12.2. The molecule has 1 aliphatic rings. The molecule has 6 nitrogen and oxygen atoms in total. The number of thiophene rings is 1. The second kappa shape index (κ2) is 5.25. The molecule has 0 aliphatic carbocycles. The molecule has 0 amide bonds. The highest BCUT2D eigenvalue weighted by Gasteiger charge is 2.20. The van der Waals surface area contributed by atoms with Crippen LogP contribution < -0.4 is 9.80 Å². The van der Waals surface area contributed by atoms with Gasteiger partial charge in [0.1, 0.15) is 22.8 Å². The highest BCUT2D eigenvalue weighted by atomic mass is 32.1. The zero-order valence-electron chi connectivity index (χ0n) is 11.4. The van der Waals surface area contributed by atoms with E-state index in [1.807, 2.05) is 6.20 Å². The van der Waals surface area contributed by atoms with Gasteiger partial charge in [0, 0.05) is 38.6 Å². The highest BCUT2D eigenvalue weighted by Crippen LogP contribution is 2.27. The van der Waals surface area contributed by atoms with Crippen molar-refractivity contribution in [3.05, 3.63) is 36.4 Å². The van der Waals surface area contributed by atoms with Crippen molar-refractivity contribution in [3.63, 3.8) is 0 Å². The Labute approximate surface area is 126 Å². The minimum Gasteiger partial charge on any atom is -0.352 e. The lowest BCUT2D eigenvalue weighted by atomic mass is 10.3. The summed E-state index contributed by atoms with van der Waals surface area (Å²) in [5.74, 6) is 1.99. The maximum Gasteiger partial charge on any atom is 0.147 e. The quantitative estimate of drug-likeness (QED) is 0.719. The van der Waals surface area contributed by atoms with Gasteiger partial charge in [-0.15, -0.1) is 11.3 Å². The molecule has 0 atom stereocenters. The van der Waals surface area contributed by atoms with E-state index in [0.29, 0.717) is 0 Å². The van der Waals surface area contributed by atoms with Gasteiger partial charge < -0.3 is 9.80 Å². The van der Waals surface area contributed by atoms with Gasteiger partial charge in [-0.05, 0) is 11.4 Å². The monoisotopic (exact) mass is 298 g/mol. The average Bonchev–Trinajstić information content (AvgIpc) is 3.04. The van der Waals surface area contributed by atoms with Gasteiger partial charge in [-0.2, -0.15) is 0 Å². The van der Waals surface area contributed by atoms with E-state index in [2.05, 4.69) is 41.2 Å². The second-order valence-corrected chi connectivity index (χ2v) is 5.77. The van der Waals surface area contributed by atoms with Crippen LogP contribution in [-0.2, 0) is 0 Å². The molecule has 4 rings (SSSR count). The summed E-state index contributed by atoms with van der Waals surface area (Å²) >= 11 is 1.66. The summed E-state index contributed by atoms with van der Waals surface area (Å²) in [4.78, 5) is 22.9. The number of piperazine rings is 1. The number of hydrogen-bond acceptors (Lipinski definition) is 7. The molecule has 0 N–H and O–H groups in total. The summed E-state index contributed by atoms with van der Waals surface area (Å²) in [5.41, 5.74) is 0. The molecule has 7 heteroatoms. The lowest BCUT2D eigenvalue weighted by molar-refractivity contribution is 0.642. The largest absolute Gasteiger partial charge is 0.352 e. The first kappa shape index (κ1) is 12.5. The van der Waals surface area contributed by atoms with Gasteiger partial charge in [0.25, 0.3) is 0 Å². The lowest BCUT2D eigenvalue weighted by Crippen LogP contribution is -2.47. The maximum atomic E-state index is 4.48. The van der Waals surface area contributed by atoms with Crippen LogP contribution in [0.25, 0.3) is 10.2 Å². The lowest BCUT2D eigenvalue weighted by Gasteiger charge is -2.36. The molecule has 106 valence electrons. The van der Waals surface area contributed by atoms with E-state index < -0.39 is 0 Å². The molecule has 1 saturated heterocycles. The smallest absolute Gasteiger partial charge is 0.147 e. The summed E-state index contributed by atoms with van der Waals surface area (Å²) in [6.45, 7) is 3.71. The number of nitrogens with zero attached hydrogens (tertiary/aromatic N) is 6. The van der Waals surface area contributed by atoms with E-state index >= 15 is 0 Å². The molecule has 3 aromatic heterocycles. The Hall–Kier alpha value is -2.28. The Morgan fingerprint density at radius 1 is 0.952 bits per heavy atom. The molecule has 4 heterocycles. The predicted molar refractivity (Wildman–Crippen MR) is 83.9 cm³/mol. The van der Waals surface area contributed by atoms with Crippen LogP contribution in [0.5, 0.6) is 0 Å². The SMILES string of the molecule is c1cnc(N2CCN(c3ncnc4sccc34)CC2)cn1. The second-order valence-electron chi connectivity index (χ2n) is 4.87. The Bertz CT molecular complexity index is 735. The van der Waals surface area contributed by atoms with Gasteiger partial charge in [0.15, 0.2) is 0 Å². The van der Waals surface area contributed by atoms with Crippen molar-refractivity contribution in [2.45, 2.75) is 0 Å². The van der Waals surface area contributed by atoms with Crippen molar-refractivity contribution >= 4 is 33.2 Å². The van der Waals surface area contributed by atoms with Crippen LogP contribution in [0.2, 0.25) is 0 Å². The molecule has 0 unspecified atom stereocenters. The molecule has 1 aliphatic heterocycles. The normalized spacial score (nSPS) is 15.6. The van der Waals surface area contributed by atoms with Gasteiger partial charge in [-0.25, -0.2) is 15.0 Å². The predicted octanol–water partition coefficient (Wildman–Crippen LogP) is 1.81. The fourth-order valence-corrected chi connectivity index (χ4v) is 3.36. The third kappa shape index (κ3) is 2.29. The Balaban J connectivity index is 1.54. The van der Waals surface area contributed by atoms with Crippen molar-refractivity contribution < 1.29 is 0 Å². The fourth-order valence-electron chi connectivity index (χ4n) is 2.63. The molecule has 1 fully saturated rings. The molecular weight excluding hydrogens is 284 g/mol. The molecule has 21 heavy (non-hydrogen) atoms. The topological polar surface area (TPSA) is 58.0 Å². The summed E-state index contributed by atoms with van der Waals surface area (Å²) < 4.78 is 0. The molecule has 0 saturated carbocycles. The first-order valence-corrected chi connectivity index (χ1v) is 7.74. The van der Waals surface area contributed by atoms with Crippen molar-refractivity contribution in [1.82, 2.24) is 19.9 Å². The molecule has 0 bridgehead atoms. The van der Waals surface area contributed by atoms with Gasteiger partial charge in [-0.3, -0.25) is 4.98 Å². The maximum absolute atomic E-state index is 4.48. The standard InChI is InChI=1S/C14H14N6S/c1-8-21-14-11(1)13(17-10-18-14)20-6-4-19(5-7-20)12-9-15-2-3-16-12/h1-3,8-10H,4-7H2. The van der Waals surface area contributed by atoms with Gasteiger partial charge in [0.05, 0.1) is 11.6 Å². The van der Waals surface area contributed by atoms with Crippen LogP contribution in [0, 0.1) is 0 Å². The molecule has 0 radical (unpaired) electrons. The van der Waals surface area contributed by atoms with E-state index in [0.717, 1.165) is 48.0 Å². The molecular formula is C14H14N6S. The minimum atomic E-state index is 0.925. The molecule has 3 aromatic rings. The van der Waals surface area contributed by atoms with E-state index in [1.165, 1.54) is 0 Å². The Morgan fingerprint density at radius 3 is 2.62 bits per heavy atom. The van der Waals surface area contributed by atoms with Crippen molar-refractivity contribution in [1.29, 1.82) is 0 Å². The molecule has 0 spiro atoms. The van der Waals surface area contributed by atoms with Crippen molar-refractivity contribution in [2.75, 3.05) is 36.0 Å². The van der Waals surface area contributed by atoms with Crippen LogP contribution in [0.15, 0.2) is 36.4 Å². The van der Waals surface area contributed by atoms with E-state index in [4.69, 9.17) is 0 Å². The third-order valence-electron chi connectivity index (χ3n) is 3.69. The summed E-state index contributed by atoms with van der Waals surface area (Å²) in [6, 6.07) is 2.10. The van der Waals surface area contributed by atoms with Crippen LogP contribution in [0.1, 0.15) is 0 Å². The summed E-state index contributed by atoms with van der Waals surface area (Å²) in [5, 5.41) is 3.22. The van der Waals surface area contributed by atoms with E-state index in [-0.39, 0.29) is 0 Å². The average molecular weight is 298 g/mol.